The highest BCUT2D eigenvalue weighted by molar-refractivity contribution is 6.15. The summed E-state index contributed by atoms with van der Waals surface area (Å²) >= 11 is 0. The third-order valence-electron chi connectivity index (χ3n) is 22.9. The molecule has 7 heterocycles. The minimum absolute atomic E-state index is 0.649. The molecule has 0 unspecified atom stereocenters. The van der Waals surface area contributed by atoms with Gasteiger partial charge in [0.25, 0.3) is 0 Å². The summed E-state index contributed by atoms with van der Waals surface area (Å²) in [5.74, 6) is 1.53. The largest absolute Gasteiger partial charge is 0.455 e. The lowest BCUT2D eigenvalue weighted by atomic mass is 9.94. The van der Waals surface area contributed by atoms with Crippen molar-refractivity contribution >= 4 is 109 Å². The van der Waals surface area contributed by atoms with E-state index in [1.807, 2.05) is 30.6 Å². The van der Waals surface area contributed by atoms with Crippen LogP contribution < -0.4 is 0 Å². The molecule has 0 aliphatic carbocycles. The van der Waals surface area contributed by atoms with Gasteiger partial charge in [0.15, 0.2) is 0 Å². The van der Waals surface area contributed by atoms with Crippen LogP contribution in [0.1, 0.15) is 5.56 Å². The first-order chi connectivity index (χ1) is 56.4. The molecule has 7 aromatic heterocycles. The monoisotopic (exact) mass is 1460 g/mol. The maximum absolute atomic E-state index is 6.38. The fourth-order valence-corrected chi connectivity index (χ4v) is 17.6. The summed E-state index contributed by atoms with van der Waals surface area (Å²) in [6.45, 7) is 2.19. The molecule has 8 nitrogen and oxygen atoms in total. The average molecular weight is 1460 g/mol. The van der Waals surface area contributed by atoms with Crippen LogP contribution in [0.25, 0.3) is 210 Å². The molecule has 534 valence electrons. The predicted molar refractivity (Wildman–Crippen MR) is 474 cm³/mol. The fraction of sp³-hybridized carbons (Fsp3) is 0.00943. The van der Waals surface area contributed by atoms with Crippen LogP contribution in [0.15, 0.2) is 405 Å². The van der Waals surface area contributed by atoms with E-state index in [4.69, 9.17) is 19.4 Å². The highest BCUT2D eigenvalue weighted by Gasteiger charge is 2.22. The van der Waals surface area contributed by atoms with Crippen LogP contribution in [-0.4, -0.2) is 33.2 Å². The molecule has 8 heteroatoms. The third-order valence-corrected chi connectivity index (χ3v) is 22.9. The Bertz CT molecular complexity index is 7730. The third kappa shape index (κ3) is 11.1. The Hall–Kier alpha value is -15.3. The van der Waals surface area contributed by atoms with E-state index < -0.39 is 0 Å². The lowest BCUT2D eigenvalue weighted by Crippen LogP contribution is -2.01. The number of aromatic nitrogens is 7. The van der Waals surface area contributed by atoms with E-state index in [2.05, 4.69) is 395 Å². The van der Waals surface area contributed by atoms with Crippen molar-refractivity contribution in [1.29, 1.82) is 0 Å². The summed E-state index contributed by atoms with van der Waals surface area (Å²) in [7, 11) is 0. The molecule has 23 rings (SSSR count). The second-order valence-corrected chi connectivity index (χ2v) is 29.5. The maximum atomic E-state index is 6.38. The first kappa shape index (κ1) is 65.8. The Morgan fingerprint density at radius 1 is 0.237 bits per heavy atom. The Balaban J connectivity index is 0.000000139. The van der Waals surface area contributed by atoms with Gasteiger partial charge in [-0.25, -0.2) is 15.0 Å². The molecule has 0 fully saturated rings. The van der Waals surface area contributed by atoms with E-state index in [9.17, 15) is 0 Å². The molecule has 0 bridgehead atoms. The van der Waals surface area contributed by atoms with Gasteiger partial charge in [-0.15, -0.1) is 0 Å². The van der Waals surface area contributed by atoms with E-state index in [1.165, 1.54) is 110 Å². The molecule has 23 aromatic rings. The normalized spacial score (nSPS) is 11.7. The lowest BCUT2D eigenvalue weighted by molar-refractivity contribution is 0.670. The molecule has 0 aliphatic heterocycles. The van der Waals surface area contributed by atoms with Crippen molar-refractivity contribution in [3.63, 3.8) is 0 Å². The first-order valence-corrected chi connectivity index (χ1v) is 38.8. The number of hydrogen-bond donors (Lipinski definition) is 0. The van der Waals surface area contributed by atoms with Crippen LogP contribution in [-0.2, 0) is 0 Å². The average Bonchev–Trinajstić information content (AvgIpc) is 1.59. The van der Waals surface area contributed by atoms with Crippen molar-refractivity contribution in [2.24, 2.45) is 0 Å². The summed E-state index contributed by atoms with van der Waals surface area (Å²) in [4.78, 5) is 15.2. The fourth-order valence-electron chi connectivity index (χ4n) is 17.6. The standard InChI is InChI=1S/C53H36N4.C53H33N3O/c1-35-31-37(36-13-4-2-5-14-36)23-26-43(35)40-15-12-16-41(32-40)48-29-30-54-53(55-48)57-50-22-11-9-20-45(50)47-34-39(25-28-52(47)57)38-24-27-51-46(33-38)44-19-8-10-21-49(44)56(51)42-17-6-3-7-18-42;1-2-14-39(15-3-1)55-47-21-7-4-16-41(47)45-31-35(24-27-49(45)55)36-25-28-50-46(32-36)42-17-5-8-22-48(42)56(50)52-29-26-38(33-54-52)34-12-10-13-37(30-34)40-19-11-20-44-43-18-6-9-23-51(43)57-53(40)44/h2-34H,1H3;1-33H. The van der Waals surface area contributed by atoms with Crippen LogP contribution in [0.5, 0.6) is 0 Å². The van der Waals surface area contributed by atoms with E-state index >= 15 is 0 Å². The van der Waals surface area contributed by atoms with Gasteiger partial charge in [0.2, 0.25) is 5.95 Å². The second-order valence-electron chi connectivity index (χ2n) is 29.5. The van der Waals surface area contributed by atoms with Crippen molar-refractivity contribution in [3.8, 4) is 101 Å². The molecule has 0 spiro atoms. The molecular formula is C106H69N7O. The number of aryl methyl sites for hydroxylation is 1. The van der Waals surface area contributed by atoms with Gasteiger partial charge in [0.1, 0.15) is 17.0 Å². The Morgan fingerprint density at radius 3 is 1.18 bits per heavy atom. The maximum Gasteiger partial charge on any atom is 0.235 e. The zero-order valence-corrected chi connectivity index (χ0v) is 62.1. The van der Waals surface area contributed by atoms with Gasteiger partial charge in [0.05, 0.1) is 49.8 Å². The lowest BCUT2D eigenvalue weighted by Gasteiger charge is -2.12. The summed E-state index contributed by atoms with van der Waals surface area (Å²) in [6, 6.07) is 139. The summed E-state index contributed by atoms with van der Waals surface area (Å²) in [5.41, 5.74) is 30.4. The predicted octanol–water partition coefficient (Wildman–Crippen LogP) is 27.8. The van der Waals surface area contributed by atoms with E-state index in [1.54, 1.807) is 0 Å². The molecule has 0 radical (unpaired) electrons. The number of fused-ring (bicyclic) bond motifs is 15. The zero-order chi connectivity index (χ0) is 75.3. The van der Waals surface area contributed by atoms with Crippen molar-refractivity contribution in [2.45, 2.75) is 6.92 Å². The minimum Gasteiger partial charge on any atom is -0.455 e. The van der Waals surface area contributed by atoms with Crippen molar-refractivity contribution < 1.29 is 4.42 Å². The number of nitrogens with zero attached hydrogens (tertiary/aromatic N) is 7. The van der Waals surface area contributed by atoms with Crippen LogP contribution in [0.4, 0.5) is 0 Å². The number of hydrogen-bond acceptors (Lipinski definition) is 4. The molecule has 0 atom stereocenters. The number of benzene rings is 16. The van der Waals surface area contributed by atoms with Crippen LogP contribution >= 0.6 is 0 Å². The van der Waals surface area contributed by atoms with Crippen molar-refractivity contribution in [2.75, 3.05) is 0 Å². The second kappa shape index (κ2) is 27.1. The summed E-state index contributed by atoms with van der Waals surface area (Å²) < 4.78 is 15.6. The Kier molecular flexibility index (Phi) is 15.6. The molecule has 0 amide bonds. The van der Waals surface area contributed by atoms with Gasteiger partial charge in [-0.1, -0.05) is 255 Å². The number of pyridine rings is 1. The van der Waals surface area contributed by atoms with E-state index in [0.29, 0.717) is 5.95 Å². The number of rotatable bonds is 11. The molecule has 0 saturated carbocycles. The quantitative estimate of drug-likeness (QED) is 0.129. The van der Waals surface area contributed by atoms with E-state index in [0.717, 1.165) is 100 Å². The van der Waals surface area contributed by atoms with Crippen LogP contribution in [0, 0.1) is 6.92 Å². The SMILES string of the molecule is Cc1cc(-c2ccccc2)ccc1-c1cccc(-c2ccnc(-n3c4ccccc4c4cc(-c5ccc6c(c5)c5ccccc5n6-c5ccccc5)ccc43)n2)c1.c1ccc(-n2c3ccccc3c3cc(-c4ccc5c(c4)c4ccccc4n5-c4ccc(-c5cccc(-c6cccc7c6oc6ccccc67)c5)cn4)ccc32)cc1. The molecule has 0 saturated heterocycles. The Labute approximate surface area is 656 Å². The van der Waals surface area contributed by atoms with Crippen molar-refractivity contribution in [1.82, 2.24) is 33.2 Å². The molecular weight excluding hydrogens is 1390 g/mol. The van der Waals surface area contributed by atoms with Crippen LogP contribution in [0.3, 0.4) is 0 Å². The smallest absolute Gasteiger partial charge is 0.235 e. The van der Waals surface area contributed by atoms with Gasteiger partial charge >= 0.3 is 0 Å². The summed E-state index contributed by atoms with van der Waals surface area (Å²) in [6.07, 6.45) is 3.87. The number of para-hydroxylation sites is 8. The zero-order valence-electron chi connectivity index (χ0n) is 62.1. The van der Waals surface area contributed by atoms with Gasteiger partial charge in [-0.2, -0.15) is 0 Å². The highest BCUT2D eigenvalue weighted by Crippen LogP contribution is 2.44. The van der Waals surface area contributed by atoms with Gasteiger partial charge in [-0.05, 0) is 202 Å². The Morgan fingerprint density at radius 2 is 0.632 bits per heavy atom. The van der Waals surface area contributed by atoms with Gasteiger partial charge in [0, 0.05) is 94.3 Å². The van der Waals surface area contributed by atoms with Crippen LogP contribution in [0.2, 0.25) is 0 Å². The van der Waals surface area contributed by atoms with Crippen molar-refractivity contribution in [3.05, 3.63) is 406 Å². The topological polar surface area (TPSA) is 71.5 Å². The highest BCUT2D eigenvalue weighted by atomic mass is 16.3. The van der Waals surface area contributed by atoms with Gasteiger partial charge < -0.3 is 13.6 Å². The number of furan rings is 1. The summed E-state index contributed by atoms with van der Waals surface area (Å²) in [5, 5.41) is 12.0. The minimum atomic E-state index is 0.649. The molecule has 0 N–H and O–H groups in total. The molecule has 0 aliphatic rings. The first-order valence-electron chi connectivity index (χ1n) is 38.8. The molecule has 16 aromatic carbocycles. The molecule has 114 heavy (non-hydrogen) atoms. The van der Waals surface area contributed by atoms with Gasteiger partial charge in [-0.3, -0.25) is 9.13 Å². The van der Waals surface area contributed by atoms with E-state index in [-0.39, 0.29) is 0 Å².